The van der Waals surface area contributed by atoms with Gasteiger partial charge in [-0.05, 0) is 12.8 Å². The van der Waals surface area contributed by atoms with Crippen molar-refractivity contribution in [2.75, 3.05) is 6.61 Å². The number of carbonyl (C=O) groups excluding carboxylic acids is 1. The number of aliphatic hydroxyl groups excluding tert-OH is 2. The average molecular weight is 680 g/mol. The second-order valence-corrected chi connectivity index (χ2v) is 15.5. The maximum Gasteiger partial charge on any atom is 0.220 e. The maximum absolute atomic E-state index is 12.3. The first-order chi connectivity index (χ1) is 23.7. The van der Waals surface area contributed by atoms with Crippen molar-refractivity contribution in [1.82, 2.24) is 5.32 Å². The zero-order valence-corrected chi connectivity index (χ0v) is 33.0. The lowest BCUT2D eigenvalue weighted by Crippen LogP contribution is -2.45. The molecule has 4 heteroatoms. The third-order valence-corrected chi connectivity index (χ3v) is 10.6. The highest BCUT2D eigenvalue weighted by Crippen LogP contribution is 2.17. The van der Waals surface area contributed by atoms with Crippen LogP contribution in [-0.4, -0.2) is 34.9 Å². The Labute approximate surface area is 302 Å². The first-order valence-corrected chi connectivity index (χ1v) is 22.2. The van der Waals surface area contributed by atoms with Gasteiger partial charge in [0, 0.05) is 6.42 Å². The summed E-state index contributed by atoms with van der Waals surface area (Å²) in [6.45, 7) is 4.30. The van der Waals surface area contributed by atoms with Crippen LogP contribution in [0.3, 0.4) is 0 Å². The molecule has 0 radical (unpaired) electrons. The Morgan fingerprint density at radius 3 is 0.938 bits per heavy atom. The Bertz CT molecular complexity index is 612. The van der Waals surface area contributed by atoms with Gasteiger partial charge in [0.25, 0.3) is 0 Å². The molecule has 0 aromatic rings. The summed E-state index contributed by atoms with van der Waals surface area (Å²) in [5, 5.41) is 22.8. The maximum atomic E-state index is 12.3. The van der Waals surface area contributed by atoms with Crippen molar-refractivity contribution in [1.29, 1.82) is 0 Å². The van der Waals surface area contributed by atoms with Gasteiger partial charge in [-0.15, -0.1) is 0 Å². The molecule has 2 unspecified atom stereocenters. The van der Waals surface area contributed by atoms with Crippen LogP contribution in [-0.2, 0) is 4.79 Å². The first kappa shape index (κ1) is 47.4. The van der Waals surface area contributed by atoms with Crippen LogP contribution in [0, 0.1) is 0 Å². The fraction of sp³-hybridized carbons (Fsp3) is 0.977. The van der Waals surface area contributed by atoms with E-state index in [-0.39, 0.29) is 12.5 Å². The number of aliphatic hydroxyl groups is 2. The minimum atomic E-state index is -0.649. The third-order valence-electron chi connectivity index (χ3n) is 10.6. The highest BCUT2D eigenvalue weighted by molar-refractivity contribution is 5.76. The lowest BCUT2D eigenvalue weighted by atomic mass is 10.0. The van der Waals surface area contributed by atoms with Crippen molar-refractivity contribution in [3.05, 3.63) is 0 Å². The lowest BCUT2D eigenvalue weighted by molar-refractivity contribution is -0.123. The summed E-state index contributed by atoms with van der Waals surface area (Å²) >= 11 is 0. The molecule has 0 aliphatic heterocycles. The van der Waals surface area contributed by atoms with Gasteiger partial charge in [-0.3, -0.25) is 4.79 Å². The second-order valence-electron chi connectivity index (χ2n) is 15.5. The Hall–Kier alpha value is -0.610. The summed E-state index contributed by atoms with van der Waals surface area (Å²) in [4.78, 5) is 12.3. The molecule has 48 heavy (non-hydrogen) atoms. The van der Waals surface area contributed by atoms with E-state index in [1.165, 1.54) is 205 Å². The fourth-order valence-corrected chi connectivity index (χ4v) is 7.19. The minimum Gasteiger partial charge on any atom is -0.394 e. The standard InChI is InChI=1S/C44H89NO3/c1-3-5-7-9-10-11-12-13-14-15-16-17-18-19-20-21-22-23-24-25-26-27-28-29-30-31-32-33-34-36-38-40-44(48)45-42(41-46)43(47)39-37-35-8-6-4-2/h42-43,46-47H,3-41H2,1-2H3,(H,45,48). The van der Waals surface area contributed by atoms with Crippen LogP contribution >= 0.6 is 0 Å². The fourth-order valence-electron chi connectivity index (χ4n) is 7.19. The van der Waals surface area contributed by atoms with Gasteiger partial charge in [0.05, 0.1) is 18.8 Å². The quantitative estimate of drug-likeness (QED) is 0.0563. The van der Waals surface area contributed by atoms with Crippen LogP contribution < -0.4 is 5.32 Å². The zero-order valence-electron chi connectivity index (χ0n) is 33.0. The molecular weight excluding hydrogens is 590 g/mol. The van der Waals surface area contributed by atoms with Crippen LogP contribution in [0.25, 0.3) is 0 Å². The highest BCUT2D eigenvalue weighted by Gasteiger charge is 2.19. The van der Waals surface area contributed by atoms with E-state index < -0.39 is 12.1 Å². The predicted octanol–water partition coefficient (Wildman–Crippen LogP) is 13.7. The summed E-state index contributed by atoms with van der Waals surface area (Å²) in [6, 6.07) is -0.526. The summed E-state index contributed by atoms with van der Waals surface area (Å²) in [6.07, 6.45) is 49.6. The van der Waals surface area contributed by atoms with E-state index in [1.807, 2.05) is 0 Å². The normalized spacial score (nSPS) is 12.8. The SMILES string of the molecule is CCCCCCCCCCCCCCCCCCCCCCCCCCCCCCCCCC(=O)NC(CO)C(O)CCCCCCC. The van der Waals surface area contributed by atoms with E-state index in [2.05, 4.69) is 19.2 Å². The van der Waals surface area contributed by atoms with E-state index in [4.69, 9.17) is 0 Å². The molecule has 0 aliphatic carbocycles. The van der Waals surface area contributed by atoms with Gasteiger partial charge in [-0.1, -0.05) is 239 Å². The molecule has 0 heterocycles. The van der Waals surface area contributed by atoms with Crippen molar-refractivity contribution >= 4 is 5.91 Å². The molecule has 2 atom stereocenters. The molecule has 0 saturated heterocycles. The topological polar surface area (TPSA) is 69.6 Å². The number of hydrogen-bond acceptors (Lipinski definition) is 3. The lowest BCUT2D eigenvalue weighted by Gasteiger charge is -2.22. The molecule has 0 aromatic heterocycles. The number of carbonyl (C=O) groups is 1. The van der Waals surface area contributed by atoms with E-state index >= 15 is 0 Å². The predicted molar refractivity (Wildman–Crippen MR) is 212 cm³/mol. The number of nitrogens with one attached hydrogen (secondary N) is 1. The van der Waals surface area contributed by atoms with E-state index in [0.29, 0.717) is 12.8 Å². The number of hydrogen-bond donors (Lipinski definition) is 3. The molecule has 0 saturated carbocycles. The largest absolute Gasteiger partial charge is 0.394 e. The summed E-state index contributed by atoms with van der Waals surface area (Å²) in [5.41, 5.74) is 0. The van der Waals surface area contributed by atoms with Crippen LogP contribution in [0.1, 0.15) is 258 Å². The summed E-state index contributed by atoms with van der Waals surface area (Å²) in [5.74, 6) is -0.0329. The molecule has 1 amide bonds. The smallest absolute Gasteiger partial charge is 0.220 e. The Morgan fingerprint density at radius 2 is 0.667 bits per heavy atom. The second kappa shape index (κ2) is 40.8. The van der Waals surface area contributed by atoms with Gasteiger partial charge in [0.1, 0.15) is 0 Å². The number of unbranched alkanes of at least 4 members (excludes halogenated alkanes) is 34. The van der Waals surface area contributed by atoms with Crippen molar-refractivity contribution < 1.29 is 15.0 Å². The van der Waals surface area contributed by atoms with Crippen LogP contribution in [0.15, 0.2) is 0 Å². The van der Waals surface area contributed by atoms with Crippen molar-refractivity contribution in [2.24, 2.45) is 0 Å². The van der Waals surface area contributed by atoms with E-state index in [1.54, 1.807) is 0 Å². The van der Waals surface area contributed by atoms with Gasteiger partial charge in [-0.2, -0.15) is 0 Å². The Morgan fingerprint density at radius 1 is 0.417 bits per heavy atom. The number of rotatable bonds is 41. The van der Waals surface area contributed by atoms with Gasteiger partial charge in [0.2, 0.25) is 5.91 Å². The summed E-state index contributed by atoms with van der Waals surface area (Å²) < 4.78 is 0. The van der Waals surface area contributed by atoms with Crippen LogP contribution in [0.2, 0.25) is 0 Å². The highest BCUT2D eigenvalue weighted by atomic mass is 16.3. The first-order valence-electron chi connectivity index (χ1n) is 22.2. The van der Waals surface area contributed by atoms with Crippen molar-refractivity contribution in [3.63, 3.8) is 0 Å². The number of amides is 1. The molecule has 0 fully saturated rings. The van der Waals surface area contributed by atoms with Gasteiger partial charge in [-0.25, -0.2) is 0 Å². The monoisotopic (exact) mass is 680 g/mol. The minimum absolute atomic E-state index is 0.0329. The molecule has 0 rings (SSSR count). The molecule has 0 aliphatic rings. The molecule has 0 spiro atoms. The van der Waals surface area contributed by atoms with E-state index in [0.717, 1.165) is 25.7 Å². The zero-order chi connectivity index (χ0) is 35.0. The molecule has 0 bridgehead atoms. The van der Waals surface area contributed by atoms with Crippen LogP contribution in [0.4, 0.5) is 0 Å². The molecule has 0 aromatic carbocycles. The third kappa shape index (κ3) is 36.7. The van der Waals surface area contributed by atoms with E-state index in [9.17, 15) is 15.0 Å². The van der Waals surface area contributed by atoms with Gasteiger partial charge in [0.15, 0.2) is 0 Å². The Balaban J connectivity index is 3.27. The average Bonchev–Trinajstić information content (AvgIpc) is 3.09. The summed E-state index contributed by atoms with van der Waals surface area (Å²) in [7, 11) is 0. The van der Waals surface area contributed by atoms with Gasteiger partial charge < -0.3 is 15.5 Å². The molecular formula is C44H89NO3. The molecule has 3 N–H and O–H groups in total. The van der Waals surface area contributed by atoms with Gasteiger partial charge >= 0.3 is 0 Å². The molecule has 288 valence electrons. The van der Waals surface area contributed by atoms with Crippen molar-refractivity contribution in [2.45, 2.75) is 270 Å². The Kier molecular flexibility index (Phi) is 40.3. The van der Waals surface area contributed by atoms with Crippen LogP contribution in [0.5, 0.6) is 0 Å². The molecule has 4 nitrogen and oxygen atoms in total. The van der Waals surface area contributed by atoms with Crippen molar-refractivity contribution in [3.8, 4) is 0 Å².